The molecule has 1 aromatic heterocycles. The van der Waals surface area contributed by atoms with E-state index in [1.807, 2.05) is 36.4 Å². The van der Waals surface area contributed by atoms with Gasteiger partial charge in [-0.25, -0.2) is 0 Å². The Kier molecular flexibility index (Phi) is 3.81. The van der Waals surface area contributed by atoms with Gasteiger partial charge in [-0.3, -0.25) is 4.79 Å². The van der Waals surface area contributed by atoms with Gasteiger partial charge in [-0.2, -0.15) is 0 Å². The molecule has 21 heavy (non-hydrogen) atoms. The zero-order valence-electron chi connectivity index (χ0n) is 11.1. The lowest BCUT2D eigenvalue weighted by atomic mass is 10.2. The molecule has 6 heteroatoms. The quantitative estimate of drug-likeness (QED) is 0.694. The van der Waals surface area contributed by atoms with Crippen molar-refractivity contribution in [1.29, 1.82) is 0 Å². The molecular weight excluding hydrogens is 306 g/mol. The SMILES string of the molecule is COc1ccc(-c2ccc(/C=C3/SC(=S)NC3=O)o2)cc1. The highest BCUT2D eigenvalue weighted by Gasteiger charge is 2.22. The third kappa shape index (κ3) is 3.01. The van der Waals surface area contributed by atoms with Crippen molar-refractivity contribution in [1.82, 2.24) is 5.32 Å². The van der Waals surface area contributed by atoms with Crippen molar-refractivity contribution in [3.05, 3.63) is 47.1 Å². The summed E-state index contributed by atoms with van der Waals surface area (Å²) in [5.74, 6) is 1.95. The van der Waals surface area contributed by atoms with Gasteiger partial charge < -0.3 is 14.5 Å². The van der Waals surface area contributed by atoms with Crippen LogP contribution in [0.5, 0.6) is 5.75 Å². The molecule has 1 aliphatic rings. The Balaban J connectivity index is 1.84. The zero-order chi connectivity index (χ0) is 14.8. The highest BCUT2D eigenvalue weighted by atomic mass is 32.2. The van der Waals surface area contributed by atoms with Crippen LogP contribution in [0.3, 0.4) is 0 Å². The Hall–Kier alpha value is -2.05. The number of benzene rings is 1. The summed E-state index contributed by atoms with van der Waals surface area (Å²) in [5, 5.41) is 2.57. The van der Waals surface area contributed by atoms with Crippen molar-refractivity contribution in [2.45, 2.75) is 0 Å². The van der Waals surface area contributed by atoms with Gasteiger partial charge in [-0.1, -0.05) is 24.0 Å². The van der Waals surface area contributed by atoms with E-state index < -0.39 is 0 Å². The number of hydrogen-bond donors (Lipinski definition) is 1. The summed E-state index contributed by atoms with van der Waals surface area (Å²) < 4.78 is 11.3. The Morgan fingerprint density at radius 1 is 1.24 bits per heavy atom. The fourth-order valence-corrected chi connectivity index (χ4v) is 2.92. The lowest BCUT2D eigenvalue weighted by molar-refractivity contribution is -0.115. The number of amides is 1. The summed E-state index contributed by atoms with van der Waals surface area (Å²) in [6.07, 6.45) is 1.69. The summed E-state index contributed by atoms with van der Waals surface area (Å²) in [7, 11) is 1.63. The van der Waals surface area contributed by atoms with E-state index >= 15 is 0 Å². The predicted octanol–water partition coefficient (Wildman–Crippen LogP) is 3.44. The maximum Gasteiger partial charge on any atom is 0.263 e. The molecule has 3 rings (SSSR count). The van der Waals surface area contributed by atoms with Crippen LogP contribution in [0, 0.1) is 0 Å². The Morgan fingerprint density at radius 3 is 2.62 bits per heavy atom. The smallest absolute Gasteiger partial charge is 0.263 e. The topological polar surface area (TPSA) is 51.5 Å². The van der Waals surface area contributed by atoms with Crippen LogP contribution in [-0.2, 0) is 4.79 Å². The number of rotatable bonds is 3. The van der Waals surface area contributed by atoms with Gasteiger partial charge in [0.05, 0.1) is 12.0 Å². The molecule has 1 saturated heterocycles. The summed E-state index contributed by atoms with van der Waals surface area (Å²) in [5.41, 5.74) is 0.944. The maximum absolute atomic E-state index is 11.6. The van der Waals surface area contributed by atoms with Gasteiger partial charge in [-0.15, -0.1) is 0 Å². The van der Waals surface area contributed by atoms with Crippen molar-refractivity contribution in [3.63, 3.8) is 0 Å². The highest BCUT2D eigenvalue weighted by Crippen LogP contribution is 2.29. The van der Waals surface area contributed by atoms with E-state index in [1.165, 1.54) is 11.8 Å². The fourth-order valence-electron chi connectivity index (χ4n) is 1.89. The highest BCUT2D eigenvalue weighted by molar-refractivity contribution is 8.26. The summed E-state index contributed by atoms with van der Waals surface area (Å²) >= 11 is 6.18. The molecule has 2 heterocycles. The molecule has 1 N–H and O–H groups in total. The molecule has 0 bridgehead atoms. The molecule has 0 atom stereocenters. The van der Waals surface area contributed by atoms with Crippen LogP contribution in [0.1, 0.15) is 5.76 Å². The van der Waals surface area contributed by atoms with Crippen molar-refractivity contribution >= 4 is 40.3 Å². The second-order valence-corrected chi connectivity index (χ2v) is 6.00. The number of methoxy groups -OCH3 is 1. The average molecular weight is 317 g/mol. The van der Waals surface area contributed by atoms with Gasteiger partial charge >= 0.3 is 0 Å². The molecule has 0 saturated carbocycles. The molecule has 2 aromatic rings. The largest absolute Gasteiger partial charge is 0.497 e. The van der Waals surface area contributed by atoms with Crippen LogP contribution in [0.2, 0.25) is 0 Å². The van der Waals surface area contributed by atoms with Crippen LogP contribution in [0.15, 0.2) is 45.7 Å². The van der Waals surface area contributed by atoms with Gasteiger partial charge in [0, 0.05) is 11.6 Å². The molecule has 0 spiro atoms. The molecule has 106 valence electrons. The second kappa shape index (κ2) is 5.75. The minimum Gasteiger partial charge on any atom is -0.497 e. The molecule has 1 amide bonds. The Labute approximate surface area is 131 Å². The Morgan fingerprint density at radius 2 is 2.00 bits per heavy atom. The molecular formula is C15H11NO3S2. The van der Waals surface area contributed by atoms with E-state index in [1.54, 1.807) is 13.2 Å². The molecule has 4 nitrogen and oxygen atoms in total. The monoisotopic (exact) mass is 317 g/mol. The zero-order valence-corrected chi connectivity index (χ0v) is 12.7. The summed E-state index contributed by atoms with van der Waals surface area (Å²) in [4.78, 5) is 12.1. The van der Waals surface area contributed by atoms with Gasteiger partial charge in [0.15, 0.2) is 0 Å². The van der Waals surface area contributed by atoms with Crippen molar-refractivity contribution in [2.24, 2.45) is 0 Å². The van der Waals surface area contributed by atoms with E-state index in [4.69, 9.17) is 21.4 Å². The van der Waals surface area contributed by atoms with Crippen LogP contribution < -0.4 is 10.1 Å². The van der Waals surface area contributed by atoms with Gasteiger partial charge in [0.1, 0.15) is 21.6 Å². The summed E-state index contributed by atoms with van der Waals surface area (Å²) in [6, 6.07) is 11.3. The normalized spacial score (nSPS) is 16.3. The first-order chi connectivity index (χ1) is 10.2. The predicted molar refractivity (Wildman–Crippen MR) is 87.0 cm³/mol. The van der Waals surface area contributed by atoms with Crippen molar-refractivity contribution in [3.8, 4) is 17.1 Å². The number of hydrogen-bond acceptors (Lipinski definition) is 5. The Bertz CT molecular complexity index is 732. The van der Waals surface area contributed by atoms with E-state index in [0.29, 0.717) is 15.0 Å². The molecule has 0 radical (unpaired) electrons. The molecule has 1 aromatic carbocycles. The average Bonchev–Trinajstić information content (AvgIpc) is 3.07. The van der Waals surface area contributed by atoms with E-state index in [-0.39, 0.29) is 5.91 Å². The lowest BCUT2D eigenvalue weighted by Gasteiger charge is -2.00. The first-order valence-electron chi connectivity index (χ1n) is 6.15. The number of thiocarbonyl (C=S) groups is 1. The lowest BCUT2D eigenvalue weighted by Crippen LogP contribution is -2.17. The number of carbonyl (C=O) groups excluding carboxylic acids is 1. The van der Waals surface area contributed by atoms with Crippen molar-refractivity contribution < 1.29 is 13.9 Å². The molecule has 0 aliphatic carbocycles. The molecule has 1 aliphatic heterocycles. The first-order valence-corrected chi connectivity index (χ1v) is 7.37. The van der Waals surface area contributed by atoms with Gasteiger partial charge in [-0.05, 0) is 36.4 Å². The molecule has 1 fully saturated rings. The van der Waals surface area contributed by atoms with Gasteiger partial charge in [0.2, 0.25) is 0 Å². The third-order valence-electron chi connectivity index (χ3n) is 2.92. The van der Waals surface area contributed by atoms with Crippen LogP contribution in [0.4, 0.5) is 0 Å². The van der Waals surface area contributed by atoms with E-state index in [2.05, 4.69) is 5.32 Å². The third-order valence-corrected chi connectivity index (χ3v) is 4.08. The fraction of sp³-hybridized carbons (Fsp3) is 0.0667. The first kappa shape index (κ1) is 13.9. The number of thioether (sulfide) groups is 1. The maximum atomic E-state index is 11.6. The summed E-state index contributed by atoms with van der Waals surface area (Å²) in [6.45, 7) is 0. The standard InChI is InChI=1S/C15H11NO3S2/c1-18-10-4-2-9(3-5-10)12-7-6-11(19-12)8-13-14(17)16-15(20)21-13/h2-8H,1H3,(H,16,17,20)/b13-8+. The molecule has 0 unspecified atom stereocenters. The minimum atomic E-state index is -0.188. The van der Waals surface area contributed by atoms with Crippen molar-refractivity contribution in [2.75, 3.05) is 7.11 Å². The number of carbonyl (C=O) groups is 1. The number of ether oxygens (including phenoxy) is 1. The minimum absolute atomic E-state index is 0.188. The number of furan rings is 1. The van der Waals surface area contributed by atoms with Crippen LogP contribution in [0.25, 0.3) is 17.4 Å². The van der Waals surface area contributed by atoms with Crippen LogP contribution in [-0.4, -0.2) is 17.3 Å². The van der Waals surface area contributed by atoms with E-state index in [0.717, 1.165) is 17.1 Å². The van der Waals surface area contributed by atoms with E-state index in [9.17, 15) is 4.79 Å². The van der Waals surface area contributed by atoms with Gasteiger partial charge in [0.25, 0.3) is 5.91 Å². The second-order valence-electron chi connectivity index (χ2n) is 4.28. The number of nitrogens with one attached hydrogen (secondary N) is 1. The van der Waals surface area contributed by atoms with Crippen LogP contribution >= 0.6 is 24.0 Å².